The highest BCUT2D eigenvalue weighted by atomic mass is 35.5. The van der Waals surface area contributed by atoms with E-state index in [4.69, 9.17) is 11.6 Å². The summed E-state index contributed by atoms with van der Waals surface area (Å²) in [7, 11) is 0. The van der Waals surface area contributed by atoms with Gasteiger partial charge in [0.15, 0.2) is 0 Å². The van der Waals surface area contributed by atoms with E-state index in [0.29, 0.717) is 11.0 Å². The number of anilines is 1. The van der Waals surface area contributed by atoms with Crippen molar-refractivity contribution in [1.29, 1.82) is 0 Å². The third-order valence-corrected chi connectivity index (χ3v) is 4.41. The lowest BCUT2D eigenvalue weighted by Crippen LogP contribution is -2.28. The van der Waals surface area contributed by atoms with Crippen LogP contribution < -0.4 is 5.32 Å². The summed E-state index contributed by atoms with van der Waals surface area (Å²) in [6, 6.07) is 14.4. The molecule has 1 N–H and O–H groups in total. The monoisotopic (exact) mass is 328 g/mol. The molecule has 0 radical (unpaired) electrons. The minimum Gasteiger partial charge on any atom is -0.348 e. The second-order valence-electron chi connectivity index (χ2n) is 5.58. The average molecular weight is 329 g/mol. The molecule has 0 spiro atoms. The van der Waals surface area contributed by atoms with Gasteiger partial charge in [-0.15, -0.1) is 0 Å². The normalized spacial score (nSPS) is 19.9. The van der Waals surface area contributed by atoms with Crippen LogP contribution in [0.15, 0.2) is 54.9 Å². The van der Waals surface area contributed by atoms with Crippen molar-refractivity contribution in [3.8, 4) is 0 Å². The first-order valence-corrected chi connectivity index (χ1v) is 7.75. The molecule has 1 aliphatic rings. The Balaban J connectivity index is 1.71. The lowest BCUT2D eigenvalue weighted by atomic mass is 9.93. The van der Waals surface area contributed by atoms with Crippen LogP contribution in [-0.4, -0.2) is 14.8 Å². The average Bonchev–Trinajstić information content (AvgIpc) is 3.04. The Hall–Kier alpha value is -2.40. The zero-order chi connectivity index (χ0) is 15.8. The van der Waals surface area contributed by atoms with Gasteiger partial charge < -0.3 is 5.32 Å². The molecule has 1 aromatic heterocycles. The minimum absolute atomic E-state index is 0.00929. The fourth-order valence-electron chi connectivity index (χ4n) is 3.00. The Morgan fingerprint density at radius 1 is 1.04 bits per heavy atom. The molecule has 4 rings (SSSR count). The number of benzene rings is 2. The number of hydrogen-bond acceptors (Lipinski definition) is 3. The highest BCUT2D eigenvalue weighted by Crippen LogP contribution is 2.37. The van der Waals surface area contributed by atoms with Gasteiger partial charge in [-0.25, -0.2) is 9.07 Å². The molecule has 0 bridgehead atoms. The maximum atomic E-state index is 13.2. The van der Waals surface area contributed by atoms with Crippen LogP contribution in [0.4, 0.5) is 10.3 Å². The van der Waals surface area contributed by atoms with Crippen LogP contribution in [0.5, 0.6) is 0 Å². The van der Waals surface area contributed by atoms with Gasteiger partial charge in [0.1, 0.15) is 12.1 Å². The first-order valence-electron chi connectivity index (χ1n) is 7.38. The number of nitrogens with zero attached hydrogens (tertiary/aromatic N) is 3. The van der Waals surface area contributed by atoms with Gasteiger partial charge in [0.2, 0.25) is 5.95 Å². The molecule has 23 heavy (non-hydrogen) atoms. The second kappa shape index (κ2) is 5.66. The Kier molecular flexibility index (Phi) is 3.50. The Morgan fingerprint density at radius 2 is 1.74 bits per heavy atom. The topological polar surface area (TPSA) is 42.7 Å². The molecule has 6 heteroatoms. The van der Waals surface area contributed by atoms with Crippen LogP contribution in [0, 0.1) is 5.82 Å². The van der Waals surface area contributed by atoms with Gasteiger partial charge in [0, 0.05) is 5.02 Å². The van der Waals surface area contributed by atoms with Crippen molar-refractivity contribution in [2.75, 3.05) is 5.32 Å². The van der Waals surface area contributed by atoms with Crippen molar-refractivity contribution in [3.63, 3.8) is 0 Å². The summed E-state index contributed by atoms with van der Waals surface area (Å²) >= 11 is 5.97. The van der Waals surface area contributed by atoms with Crippen LogP contribution in [0.25, 0.3) is 0 Å². The predicted octanol–water partition coefficient (Wildman–Crippen LogP) is 4.22. The molecule has 4 nitrogen and oxygen atoms in total. The van der Waals surface area contributed by atoms with Crippen molar-refractivity contribution in [1.82, 2.24) is 14.8 Å². The van der Waals surface area contributed by atoms with Gasteiger partial charge in [-0.3, -0.25) is 0 Å². The van der Waals surface area contributed by atoms with E-state index in [2.05, 4.69) is 15.4 Å². The third kappa shape index (κ3) is 2.68. The smallest absolute Gasteiger partial charge is 0.222 e. The summed E-state index contributed by atoms with van der Waals surface area (Å²) in [4.78, 5) is 4.28. The molecule has 2 atom stereocenters. The predicted molar refractivity (Wildman–Crippen MR) is 87.0 cm³/mol. The molecular weight excluding hydrogens is 315 g/mol. The molecule has 3 aromatic rings. The largest absolute Gasteiger partial charge is 0.348 e. The van der Waals surface area contributed by atoms with Crippen molar-refractivity contribution in [3.05, 3.63) is 76.8 Å². The minimum atomic E-state index is -0.240. The van der Waals surface area contributed by atoms with E-state index in [1.165, 1.54) is 18.5 Å². The van der Waals surface area contributed by atoms with E-state index >= 15 is 0 Å². The van der Waals surface area contributed by atoms with Gasteiger partial charge in [-0.2, -0.15) is 10.1 Å². The van der Waals surface area contributed by atoms with Crippen LogP contribution in [0.1, 0.15) is 29.6 Å². The van der Waals surface area contributed by atoms with Crippen LogP contribution in [-0.2, 0) is 0 Å². The fraction of sp³-hybridized carbons (Fsp3) is 0.176. The van der Waals surface area contributed by atoms with Crippen molar-refractivity contribution in [2.24, 2.45) is 0 Å². The van der Waals surface area contributed by atoms with Crippen molar-refractivity contribution in [2.45, 2.75) is 18.5 Å². The lowest BCUT2D eigenvalue weighted by Gasteiger charge is -2.31. The zero-order valence-corrected chi connectivity index (χ0v) is 12.9. The molecule has 0 aliphatic carbocycles. The Labute approximate surface area is 137 Å². The molecule has 0 fully saturated rings. The summed E-state index contributed by atoms with van der Waals surface area (Å²) in [6.45, 7) is 0. The van der Waals surface area contributed by atoms with Gasteiger partial charge in [0.05, 0.1) is 12.1 Å². The third-order valence-electron chi connectivity index (χ3n) is 4.16. The van der Waals surface area contributed by atoms with Crippen LogP contribution in [0.2, 0.25) is 5.02 Å². The number of fused-ring (bicyclic) bond motifs is 1. The standard InChI is InChI=1S/C17H14ClFN4/c18-13-5-1-11(2-6-13)15-9-16(12-3-7-14(19)8-4-12)23-17(22-15)20-10-21-23/h1-8,10,15-16H,9H2,(H,20,21,22)/t15-,16+/m1/s1. The summed E-state index contributed by atoms with van der Waals surface area (Å²) in [5.74, 6) is 0.473. The molecule has 1 aliphatic heterocycles. The fourth-order valence-corrected chi connectivity index (χ4v) is 3.12. The van der Waals surface area contributed by atoms with Gasteiger partial charge in [0.25, 0.3) is 0 Å². The number of aromatic nitrogens is 3. The quantitative estimate of drug-likeness (QED) is 0.766. The van der Waals surface area contributed by atoms with E-state index in [9.17, 15) is 4.39 Å². The van der Waals surface area contributed by atoms with E-state index in [0.717, 1.165) is 17.5 Å². The summed E-state index contributed by atoms with van der Waals surface area (Å²) in [6.07, 6.45) is 2.33. The first kappa shape index (κ1) is 14.2. The number of hydrogen-bond donors (Lipinski definition) is 1. The molecule has 2 aromatic carbocycles. The lowest BCUT2D eigenvalue weighted by molar-refractivity contribution is 0.430. The van der Waals surface area contributed by atoms with E-state index in [1.54, 1.807) is 12.1 Å². The van der Waals surface area contributed by atoms with Crippen LogP contribution in [0.3, 0.4) is 0 Å². The number of nitrogens with one attached hydrogen (secondary N) is 1. The molecule has 0 saturated heterocycles. The number of halogens is 2. The molecule has 116 valence electrons. The van der Waals surface area contributed by atoms with E-state index in [-0.39, 0.29) is 17.9 Å². The maximum absolute atomic E-state index is 13.2. The second-order valence-corrected chi connectivity index (χ2v) is 6.02. The zero-order valence-electron chi connectivity index (χ0n) is 12.2. The molecular formula is C17H14ClFN4. The molecule has 2 heterocycles. The number of rotatable bonds is 2. The Morgan fingerprint density at radius 3 is 2.48 bits per heavy atom. The SMILES string of the molecule is Fc1ccc([C@@H]2C[C@H](c3ccc(Cl)cc3)Nc3ncnn32)cc1. The van der Waals surface area contributed by atoms with Crippen molar-refractivity contribution >= 4 is 17.5 Å². The summed E-state index contributed by atoms with van der Waals surface area (Å²) in [5.41, 5.74) is 2.15. The Bertz CT molecular complexity index is 813. The highest BCUT2D eigenvalue weighted by molar-refractivity contribution is 6.30. The summed E-state index contributed by atoms with van der Waals surface area (Å²) < 4.78 is 15.1. The van der Waals surface area contributed by atoms with E-state index in [1.807, 2.05) is 28.9 Å². The maximum Gasteiger partial charge on any atom is 0.222 e. The van der Waals surface area contributed by atoms with Crippen LogP contribution >= 0.6 is 11.6 Å². The van der Waals surface area contributed by atoms with Gasteiger partial charge in [-0.1, -0.05) is 35.9 Å². The van der Waals surface area contributed by atoms with Gasteiger partial charge >= 0.3 is 0 Å². The first-order chi connectivity index (χ1) is 11.2. The molecule has 0 amide bonds. The van der Waals surface area contributed by atoms with Gasteiger partial charge in [-0.05, 0) is 41.8 Å². The molecule has 0 saturated carbocycles. The summed E-state index contributed by atoms with van der Waals surface area (Å²) in [5, 5.41) is 8.41. The molecule has 0 unspecified atom stereocenters. The highest BCUT2D eigenvalue weighted by Gasteiger charge is 2.29. The van der Waals surface area contributed by atoms with E-state index < -0.39 is 0 Å². The van der Waals surface area contributed by atoms with Crippen molar-refractivity contribution < 1.29 is 4.39 Å².